The van der Waals surface area contributed by atoms with E-state index in [-0.39, 0.29) is 0 Å². The standard InChI is InChI=1S/C62H40N2O/c1-2-14-43(15-3-1)57-39-48(47-26-25-41-13-4-5-17-45(41)37-47)30-36-60(57)63(51-33-35-55-56-34-29-44-16-6-7-20-52(44)62(56)65-61(55)40-51)49-31-27-42(28-32-49)46-18-12-19-50(38-46)64-58-23-10-8-21-53(58)54-22-9-11-24-59(54)64/h1-40H. The highest BCUT2D eigenvalue weighted by atomic mass is 16.3. The smallest absolute Gasteiger partial charge is 0.143 e. The van der Waals surface area contributed by atoms with Gasteiger partial charge in [-0.25, -0.2) is 0 Å². The Labute approximate surface area is 376 Å². The molecular formula is C62H40N2O. The Hall–Kier alpha value is -8.66. The van der Waals surface area contributed by atoms with Crippen molar-refractivity contribution in [1.29, 1.82) is 0 Å². The Morgan fingerprint density at radius 3 is 1.71 bits per heavy atom. The molecule has 0 bridgehead atoms. The van der Waals surface area contributed by atoms with Crippen molar-refractivity contribution in [3.8, 4) is 39.1 Å². The Morgan fingerprint density at radius 2 is 0.908 bits per heavy atom. The molecule has 3 heteroatoms. The van der Waals surface area contributed by atoms with Gasteiger partial charge in [-0.15, -0.1) is 0 Å². The van der Waals surface area contributed by atoms with Crippen LogP contribution in [0, 0.1) is 0 Å². The van der Waals surface area contributed by atoms with Gasteiger partial charge in [-0.05, 0) is 117 Å². The molecule has 0 saturated heterocycles. The summed E-state index contributed by atoms with van der Waals surface area (Å²) in [6.07, 6.45) is 0. The lowest BCUT2D eigenvalue weighted by Gasteiger charge is -2.28. The van der Waals surface area contributed by atoms with Crippen LogP contribution < -0.4 is 4.90 Å². The van der Waals surface area contributed by atoms with Crippen LogP contribution in [0.25, 0.3) is 104 Å². The lowest BCUT2D eigenvalue weighted by molar-refractivity contribution is 0.672. The first-order valence-electron chi connectivity index (χ1n) is 22.2. The summed E-state index contributed by atoms with van der Waals surface area (Å²) in [5, 5.41) is 9.48. The summed E-state index contributed by atoms with van der Waals surface area (Å²) >= 11 is 0. The minimum atomic E-state index is 0.853. The predicted octanol–water partition coefficient (Wildman–Crippen LogP) is 17.5. The number of benzene rings is 11. The third-order valence-electron chi connectivity index (χ3n) is 13.2. The summed E-state index contributed by atoms with van der Waals surface area (Å²) in [7, 11) is 0. The predicted molar refractivity (Wildman–Crippen MR) is 274 cm³/mol. The first-order chi connectivity index (χ1) is 32.2. The molecule has 0 saturated carbocycles. The average Bonchev–Trinajstić information content (AvgIpc) is 3.93. The zero-order chi connectivity index (χ0) is 42.8. The second-order valence-electron chi connectivity index (χ2n) is 16.9. The lowest BCUT2D eigenvalue weighted by Crippen LogP contribution is -2.11. The molecule has 0 aliphatic rings. The topological polar surface area (TPSA) is 21.3 Å². The number of aromatic nitrogens is 1. The summed E-state index contributed by atoms with van der Waals surface area (Å²) < 4.78 is 9.18. The van der Waals surface area contributed by atoms with E-state index in [1.807, 2.05) is 0 Å². The number of hydrogen-bond donors (Lipinski definition) is 0. The summed E-state index contributed by atoms with van der Waals surface area (Å²) in [5.74, 6) is 0. The molecule has 2 aromatic heterocycles. The van der Waals surface area contributed by atoms with Gasteiger partial charge in [-0.1, -0.05) is 164 Å². The van der Waals surface area contributed by atoms with E-state index < -0.39 is 0 Å². The maximum Gasteiger partial charge on any atom is 0.143 e. The van der Waals surface area contributed by atoms with Gasteiger partial charge in [0.05, 0.1) is 16.7 Å². The molecule has 13 rings (SSSR count). The number of anilines is 3. The number of fused-ring (bicyclic) bond motifs is 9. The number of hydrogen-bond acceptors (Lipinski definition) is 2. The van der Waals surface area contributed by atoms with E-state index >= 15 is 0 Å². The molecule has 0 amide bonds. The van der Waals surface area contributed by atoms with Gasteiger partial charge in [0.25, 0.3) is 0 Å². The summed E-state index contributed by atoms with van der Waals surface area (Å²) in [6, 6.07) is 87.8. The minimum Gasteiger partial charge on any atom is -0.455 e. The van der Waals surface area contributed by atoms with Gasteiger partial charge in [-0.2, -0.15) is 0 Å². The van der Waals surface area contributed by atoms with Gasteiger partial charge < -0.3 is 13.9 Å². The maximum atomic E-state index is 6.80. The third kappa shape index (κ3) is 6.20. The number of furan rings is 1. The van der Waals surface area contributed by atoms with Crippen LogP contribution in [0.4, 0.5) is 17.1 Å². The molecule has 3 nitrogen and oxygen atoms in total. The number of rotatable bonds is 7. The molecule has 0 aliphatic heterocycles. The Bertz CT molecular complexity index is 3900. The molecule has 304 valence electrons. The third-order valence-corrected chi connectivity index (χ3v) is 13.2. The molecule has 0 atom stereocenters. The van der Waals surface area contributed by atoms with Crippen LogP contribution in [-0.2, 0) is 0 Å². The van der Waals surface area contributed by atoms with E-state index in [4.69, 9.17) is 4.42 Å². The van der Waals surface area contributed by atoms with Gasteiger partial charge in [0, 0.05) is 55.6 Å². The van der Waals surface area contributed by atoms with Crippen molar-refractivity contribution in [1.82, 2.24) is 4.57 Å². The van der Waals surface area contributed by atoms with Crippen molar-refractivity contribution in [3.63, 3.8) is 0 Å². The first-order valence-corrected chi connectivity index (χ1v) is 22.2. The van der Waals surface area contributed by atoms with Crippen molar-refractivity contribution in [2.24, 2.45) is 0 Å². The molecule has 0 radical (unpaired) electrons. The number of para-hydroxylation sites is 2. The zero-order valence-electron chi connectivity index (χ0n) is 35.4. The van der Waals surface area contributed by atoms with Crippen molar-refractivity contribution in [2.75, 3.05) is 4.90 Å². The monoisotopic (exact) mass is 828 g/mol. The summed E-state index contributed by atoms with van der Waals surface area (Å²) in [6.45, 7) is 0. The van der Waals surface area contributed by atoms with Gasteiger partial charge in [0.2, 0.25) is 0 Å². The molecular weight excluding hydrogens is 789 g/mol. The fourth-order valence-electron chi connectivity index (χ4n) is 10.0. The maximum absolute atomic E-state index is 6.80. The molecule has 2 heterocycles. The van der Waals surface area contributed by atoms with Gasteiger partial charge in [0.1, 0.15) is 11.2 Å². The van der Waals surface area contributed by atoms with Gasteiger partial charge >= 0.3 is 0 Å². The van der Waals surface area contributed by atoms with Crippen LogP contribution >= 0.6 is 0 Å². The Morgan fingerprint density at radius 1 is 0.323 bits per heavy atom. The molecule has 0 N–H and O–H groups in total. The summed E-state index contributed by atoms with van der Waals surface area (Å²) in [4.78, 5) is 2.38. The molecule has 0 spiro atoms. The van der Waals surface area contributed by atoms with Gasteiger partial charge in [-0.3, -0.25) is 0 Å². The molecule has 0 aliphatic carbocycles. The number of nitrogens with zero attached hydrogens (tertiary/aromatic N) is 2. The quantitative estimate of drug-likeness (QED) is 0.160. The van der Waals surface area contributed by atoms with E-state index in [1.165, 1.54) is 43.5 Å². The second kappa shape index (κ2) is 15.0. The summed E-state index contributed by atoms with van der Waals surface area (Å²) in [5.41, 5.74) is 15.4. The molecule has 65 heavy (non-hydrogen) atoms. The van der Waals surface area contributed by atoms with Crippen molar-refractivity contribution in [2.45, 2.75) is 0 Å². The van der Waals surface area contributed by atoms with E-state index in [2.05, 4.69) is 252 Å². The van der Waals surface area contributed by atoms with E-state index in [0.29, 0.717) is 0 Å². The van der Waals surface area contributed by atoms with Crippen molar-refractivity contribution in [3.05, 3.63) is 243 Å². The fraction of sp³-hybridized carbons (Fsp3) is 0. The molecule has 11 aromatic carbocycles. The van der Waals surface area contributed by atoms with Crippen LogP contribution in [0.15, 0.2) is 247 Å². The van der Waals surface area contributed by atoms with Crippen LogP contribution in [-0.4, -0.2) is 4.57 Å². The highest BCUT2D eigenvalue weighted by Gasteiger charge is 2.21. The van der Waals surface area contributed by atoms with Gasteiger partial charge in [0.15, 0.2) is 0 Å². The SMILES string of the molecule is c1ccc(-c2cc(-c3ccc4ccccc4c3)ccc2N(c2ccc(-c3cccc(-n4c5ccccc5c5ccccc54)c3)cc2)c2ccc3c(c2)oc2c4ccccc4ccc32)cc1. The Kier molecular flexibility index (Phi) is 8.53. The first kappa shape index (κ1) is 36.9. The average molecular weight is 829 g/mol. The zero-order valence-corrected chi connectivity index (χ0v) is 35.4. The largest absolute Gasteiger partial charge is 0.455 e. The van der Waals surface area contributed by atoms with E-state index in [1.54, 1.807) is 0 Å². The molecule has 13 aromatic rings. The van der Waals surface area contributed by atoms with E-state index in [9.17, 15) is 0 Å². The van der Waals surface area contributed by atoms with Crippen LogP contribution in [0.5, 0.6) is 0 Å². The highest BCUT2D eigenvalue weighted by molar-refractivity contribution is 6.15. The highest BCUT2D eigenvalue weighted by Crippen LogP contribution is 2.45. The molecule has 0 unspecified atom stereocenters. The normalized spacial score (nSPS) is 11.7. The van der Waals surface area contributed by atoms with Crippen LogP contribution in [0.1, 0.15) is 0 Å². The Balaban J connectivity index is 0.973. The minimum absolute atomic E-state index is 0.853. The van der Waals surface area contributed by atoms with Crippen molar-refractivity contribution < 1.29 is 4.42 Å². The second-order valence-corrected chi connectivity index (χ2v) is 16.9. The fourth-order valence-corrected chi connectivity index (χ4v) is 10.0. The van der Waals surface area contributed by atoms with Crippen molar-refractivity contribution >= 4 is 82.4 Å². The van der Waals surface area contributed by atoms with Crippen LogP contribution in [0.3, 0.4) is 0 Å². The van der Waals surface area contributed by atoms with E-state index in [0.717, 1.165) is 77.9 Å². The molecule has 0 fully saturated rings. The van der Waals surface area contributed by atoms with Crippen LogP contribution in [0.2, 0.25) is 0 Å². The lowest BCUT2D eigenvalue weighted by atomic mass is 9.95.